The molecule has 0 N–H and O–H groups in total. The highest BCUT2D eigenvalue weighted by Crippen LogP contribution is 2.20. The van der Waals surface area contributed by atoms with Gasteiger partial charge in [-0.15, -0.1) is 12.4 Å². The number of benzene rings is 1. The first-order chi connectivity index (χ1) is 12.0. The molecule has 7 heteroatoms. The highest BCUT2D eigenvalue weighted by atomic mass is 35.5. The summed E-state index contributed by atoms with van der Waals surface area (Å²) in [6.07, 6.45) is 7.27. The van der Waals surface area contributed by atoms with Crippen molar-refractivity contribution in [2.75, 3.05) is 25.6 Å². The van der Waals surface area contributed by atoms with Crippen LogP contribution in [-0.2, 0) is 6.54 Å². The van der Waals surface area contributed by atoms with Crippen LogP contribution in [0.3, 0.4) is 0 Å². The van der Waals surface area contributed by atoms with Gasteiger partial charge in [0.2, 0.25) is 5.95 Å². The molecule has 26 heavy (non-hydrogen) atoms. The van der Waals surface area contributed by atoms with Crippen LogP contribution < -0.4 is 9.64 Å². The molecule has 0 unspecified atom stereocenters. The van der Waals surface area contributed by atoms with E-state index in [1.807, 2.05) is 43.7 Å². The molecule has 2 aromatic heterocycles. The quantitative estimate of drug-likeness (QED) is 0.661. The van der Waals surface area contributed by atoms with E-state index in [1.165, 1.54) is 5.56 Å². The number of anilines is 1. The van der Waals surface area contributed by atoms with E-state index in [-0.39, 0.29) is 12.4 Å². The van der Waals surface area contributed by atoms with Crippen molar-refractivity contribution in [2.45, 2.75) is 20.4 Å². The van der Waals surface area contributed by atoms with Gasteiger partial charge in [-0.1, -0.05) is 17.7 Å². The van der Waals surface area contributed by atoms with Gasteiger partial charge in [-0.3, -0.25) is 0 Å². The van der Waals surface area contributed by atoms with E-state index in [0.29, 0.717) is 19.1 Å². The number of halogens is 1. The molecule has 0 aliphatic carbocycles. The lowest BCUT2D eigenvalue weighted by Gasteiger charge is -2.13. The number of imidazole rings is 1. The monoisotopic (exact) mass is 373 g/mol. The maximum absolute atomic E-state index is 5.92. The number of nitrogens with zero attached hydrogens (tertiary/aromatic N) is 5. The minimum atomic E-state index is 0. The molecule has 0 amide bonds. The van der Waals surface area contributed by atoms with Gasteiger partial charge in [0.25, 0.3) is 0 Å². The Labute approximate surface area is 160 Å². The van der Waals surface area contributed by atoms with Gasteiger partial charge >= 0.3 is 0 Å². The molecular weight excluding hydrogens is 350 g/mol. The largest absolute Gasteiger partial charge is 0.491 e. The summed E-state index contributed by atoms with van der Waals surface area (Å²) >= 11 is 0. The van der Waals surface area contributed by atoms with Crippen LogP contribution in [0.4, 0.5) is 5.95 Å². The lowest BCUT2D eigenvalue weighted by molar-refractivity contribution is 0.297. The first kappa shape index (κ1) is 19.7. The van der Waals surface area contributed by atoms with E-state index < -0.39 is 0 Å². The standard InChI is InChI=1S/C19H23N5O.ClH/c1-14-5-6-18(15(2)9-14)25-8-7-24-13-20-12-17(24)16-10-21-19(22-11-16)23(3)4;/h5-6,9-13H,7-8H2,1-4H3;1H. The van der Waals surface area contributed by atoms with E-state index in [0.717, 1.165) is 22.6 Å². The predicted molar refractivity (Wildman–Crippen MR) is 106 cm³/mol. The first-order valence-electron chi connectivity index (χ1n) is 8.24. The van der Waals surface area contributed by atoms with Crippen LogP contribution in [0.25, 0.3) is 11.3 Å². The lowest BCUT2D eigenvalue weighted by atomic mass is 10.1. The van der Waals surface area contributed by atoms with Crippen LogP contribution in [0, 0.1) is 13.8 Å². The molecule has 138 valence electrons. The van der Waals surface area contributed by atoms with Gasteiger partial charge in [0.1, 0.15) is 12.4 Å². The average molecular weight is 374 g/mol. The highest BCUT2D eigenvalue weighted by Gasteiger charge is 2.08. The Balaban J connectivity index is 0.00000243. The van der Waals surface area contributed by atoms with Gasteiger partial charge in [0.15, 0.2) is 0 Å². The highest BCUT2D eigenvalue weighted by molar-refractivity contribution is 5.85. The lowest BCUT2D eigenvalue weighted by Crippen LogP contribution is -2.12. The smallest absolute Gasteiger partial charge is 0.224 e. The van der Waals surface area contributed by atoms with E-state index in [9.17, 15) is 0 Å². The fraction of sp³-hybridized carbons (Fsp3) is 0.316. The number of aryl methyl sites for hydroxylation is 2. The Morgan fingerprint density at radius 2 is 1.81 bits per heavy atom. The molecule has 0 saturated carbocycles. The molecule has 0 radical (unpaired) electrons. The topological polar surface area (TPSA) is 56.1 Å². The first-order valence-corrected chi connectivity index (χ1v) is 8.24. The predicted octanol–water partition coefficient (Wildman–Crippen LogP) is 3.52. The molecule has 0 saturated heterocycles. The summed E-state index contributed by atoms with van der Waals surface area (Å²) in [5.41, 5.74) is 4.31. The second kappa shape index (κ2) is 8.67. The number of ether oxygens (including phenoxy) is 1. The Hall–Kier alpha value is -2.60. The molecule has 0 spiro atoms. The molecule has 0 atom stereocenters. The average Bonchev–Trinajstić information content (AvgIpc) is 3.05. The molecule has 6 nitrogen and oxygen atoms in total. The summed E-state index contributed by atoms with van der Waals surface area (Å²) < 4.78 is 7.97. The van der Waals surface area contributed by atoms with Crippen molar-refractivity contribution >= 4 is 18.4 Å². The van der Waals surface area contributed by atoms with Crippen molar-refractivity contribution in [3.05, 3.63) is 54.2 Å². The zero-order chi connectivity index (χ0) is 17.8. The Bertz CT molecular complexity index is 845. The molecular formula is C19H24ClN5O. The summed E-state index contributed by atoms with van der Waals surface area (Å²) in [5.74, 6) is 1.61. The van der Waals surface area contributed by atoms with Crippen molar-refractivity contribution in [2.24, 2.45) is 0 Å². The Kier molecular flexibility index (Phi) is 6.58. The minimum Gasteiger partial charge on any atom is -0.491 e. The summed E-state index contributed by atoms with van der Waals surface area (Å²) in [7, 11) is 3.84. The third-order valence-corrected chi connectivity index (χ3v) is 3.97. The molecule has 0 bridgehead atoms. The van der Waals surface area contributed by atoms with Gasteiger partial charge < -0.3 is 14.2 Å². The zero-order valence-corrected chi connectivity index (χ0v) is 16.3. The molecule has 0 fully saturated rings. The Morgan fingerprint density at radius 3 is 2.46 bits per heavy atom. The Morgan fingerprint density at radius 1 is 1.08 bits per heavy atom. The fourth-order valence-electron chi connectivity index (χ4n) is 2.64. The van der Waals surface area contributed by atoms with Crippen molar-refractivity contribution in [1.29, 1.82) is 0 Å². The second-order valence-electron chi connectivity index (χ2n) is 6.26. The number of rotatable bonds is 6. The normalized spacial score (nSPS) is 10.3. The van der Waals surface area contributed by atoms with Crippen molar-refractivity contribution < 1.29 is 4.74 Å². The second-order valence-corrected chi connectivity index (χ2v) is 6.26. The molecule has 0 aliphatic rings. The number of hydrogen-bond acceptors (Lipinski definition) is 5. The van der Waals surface area contributed by atoms with Gasteiger partial charge in [0.05, 0.1) is 24.8 Å². The minimum absolute atomic E-state index is 0. The van der Waals surface area contributed by atoms with Crippen LogP contribution in [0.15, 0.2) is 43.1 Å². The van der Waals surface area contributed by atoms with Crippen molar-refractivity contribution in [3.63, 3.8) is 0 Å². The number of hydrogen-bond donors (Lipinski definition) is 0. The summed E-state index contributed by atoms with van der Waals surface area (Å²) in [6.45, 7) is 5.43. The van der Waals surface area contributed by atoms with E-state index in [4.69, 9.17) is 4.74 Å². The third-order valence-electron chi connectivity index (χ3n) is 3.97. The molecule has 3 rings (SSSR count). The van der Waals surface area contributed by atoms with Gasteiger partial charge in [-0.25, -0.2) is 15.0 Å². The van der Waals surface area contributed by atoms with Crippen molar-refractivity contribution in [1.82, 2.24) is 19.5 Å². The van der Waals surface area contributed by atoms with Crippen LogP contribution in [0.1, 0.15) is 11.1 Å². The SMILES string of the molecule is Cc1ccc(OCCn2cncc2-c2cnc(N(C)C)nc2)c(C)c1.Cl. The molecule has 1 aromatic carbocycles. The van der Waals surface area contributed by atoms with E-state index in [2.05, 4.69) is 45.5 Å². The van der Waals surface area contributed by atoms with Gasteiger partial charge in [0, 0.05) is 32.1 Å². The van der Waals surface area contributed by atoms with Crippen LogP contribution in [0.2, 0.25) is 0 Å². The summed E-state index contributed by atoms with van der Waals surface area (Å²) in [4.78, 5) is 14.9. The van der Waals surface area contributed by atoms with Crippen LogP contribution in [0.5, 0.6) is 5.75 Å². The fourth-order valence-corrected chi connectivity index (χ4v) is 2.64. The molecule has 2 heterocycles. The van der Waals surface area contributed by atoms with Gasteiger partial charge in [-0.05, 0) is 25.5 Å². The third kappa shape index (κ3) is 4.52. The van der Waals surface area contributed by atoms with Crippen molar-refractivity contribution in [3.8, 4) is 17.0 Å². The maximum Gasteiger partial charge on any atom is 0.224 e. The number of aromatic nitrogens is 4. The summed E-state index contributed by atoms with van der Waals surface area (Å²) in [6, 6.07) is 6.21. The summed E-state index contributed by atoms with van der Waals surface area (Å²) in [5, 5.41) is 0. The van der Waals surface area contributed by atoms with E-state index in [1.54, 1.807) is 6.33 Å². The van der Waals surface area contributed by atoms with Gasteiger partial charge in [-0.2, -0.15) is 0 Å². The van der Waals surface area contributed by atoms with Crippen LogP contribution in [-0.4, -0.2) is 40.2 Å². The van der Waals surface area contributed by atoms with E-state index >= 15 is 0 Å². The molecule has 3 aromatic rings. The van der Waals surface area contributed by atoms with Crippen LogP contribution >= 0.6 is 12.4 Å². The molecule has 0 aliphatic heterocycles. The zero-order valence-electron chi connectivity index (χ0n) is 15.5. The maximum atomic E-state index is 5.92.